The van der Waals surface area contributed by atoms with Crippen molar-refractivity contribution in [2.75, 3.05) is 7.11 Å². The van der Waals surface area contributed by atoms with E-state index in [0.29, 0.717) is 0 Å². The summed E-state index contributed by atoms with van der Waals surface area (Å²) in [7, 11) is 1.65. The lowest BCUT2D eigenvalue weighted by molar-refractivity contribution is 0.0865. The van der Waals surface area contributed by atoms with Crippen molar-refractivity contribution in [1.29, 1.82) is 0 Å². The van der Waals surface area contributed by atoms with Crippen molar-refractivity contribution in [2.24, 2.45) is 0 Å². The van der Waals surface area contributed by atoms with Crippen LogP contribution in [0.5, 0.6) is 0 Å². The Morgan fingerprint density at radius 1 is 1.43 bits per heavy atom. The highest BCUT2D eigenvalue weighted by atomic mass is 79.9. The molecule has 1 N–H and O–H groups in total. The molecule has 0 radical (unpaired) electrons. The van der Waals surface area contributed by atoms with Crippen molar-refractivity contribution in [1.82, 2.24) is 5.48 Å². The molecule has 2 nitrogen and oxygen atoms in total. The van der Waals surface area contributed by atoms with Crippen LogP contribution in [0.1, 0.15) is 23.1 Å². The molecule has 1 aromatic rings. The maximum absolute atomic E-state index is 4.88. The van der Waals surface area contributed by atoms with Crippen LogP contribution in [0.4, 0.5) is 0 Å². The Morgan fingerprint density at radius 3 is 3.07 bits per heavy atom. The summed E-state index contributed by atoms with van der Waals surface area (Å²) in [6.07, 6.45) is 3.71. The molecule has 1 aromatic carbocycles. The maximum atomic E-state index is 4.88. The third kappa shape index (κ3) is 2.00. The molecule has 0 fully saturated rings. The first-order valence-corrected chi connectivity index (χ1v) is 5.66. The van der Waals surface area contributed by atoms with E-state index in [-0.39, 0.29) is 0 Å². The van der Waals surface area contributed by atoms with Gasteiger partial charge in [0.25, 0.3) is 0 Å². The minimum atomic E-state index is 0.790. The topological polar surface area (TPSA) is 21.3 Å². The Bertz CT molecular complexity index is 338. The van der Waals surface area contributed by atoms with Crippen LogP contribution in [-0.2, 0) is 24.2 Å². The summed E-state index contributed by atoms with van der Waals surface area (Å²) < 4.78 is 1.17. The summed E-state index contributed by atoms with van der Waals surface area (Å²) in [5, 5.41) is 0. The first-order valence-electron chi connectivity index (χ1n) is 4.87. The van der Waals surface area contributed by atoms with Crippen LogP contribution >= 0.6 is 15.9 Å². The monoisotopic (exact) mass is 255 g/mol. The summed E-state index contributed by atoms with van der Waals surface area (Å²) in [5.74, 6) is 0. The zero-order valence-corrected chi connectivity index (χ0v) is 9.86. The van der Waals surface area contributed by atoms with E-state index in [4.69, 9.17) is 4.84 Å². The summed E-state index contributed by atoms with van der Waals surface area (Å²) in [5.41, 5.74) is 7.26. The van der Waals surface area contributed by atoms with Gasteiger partial charge in [-0.25, -0.2) is 0 Å². The lowest BCUT2D eigenvalue weighted by Crippen LogP contribution is -2.12. The van der Waals surface area contributed by atoms with Crippen LogP contribution in [0, 0.1) is 0 Å². The molecule has 14 heavy (non-hydrogen) atoms. The first-order chi connectivity index (χ1) is 6.81. The summed E-state index contributed by atoms with van der Waals surface area (Å²) >= 11 is 3.54. The average molecular weight is 256 g/mol. The Balaban J connectivity index is 2.29. The number of nitrogens with one attached hydrogen (secondary N) is 1. The molecule has 0 unspecified atom stereocenters. The van der Waals surface area contributed by atoms with Crippen LogP contribution in [0.25, 0.3) is 0 Å². The van der Waals surface area contributed by atoms with E-state index in [2.05, 4.69) is 33.5 Å². The molecule has 0 amide bonds. The minimum Gasteiger partial charge on any atom is -0.305 e. The van der Waals surface area contributed by atoms with Crippen LogP contribution in [-0.4, -0.2) is 7.11 Å². The molecule has 0 spiro atoms. The lowest BCUT2D eigenvalue weighted by Gasteiger charge is -2.09. The SMILES string of the molecule is CONCc1cc(Br)cc2c1CCC2. The molecular formula is C11H14BrNO. The van der Waals surface area contributed by atoms with E-state index < -0.39 is 0 Å². The summed E-state index contributed by atoms with van der Waals surface area (Å²) in [6.45, 7) is 0.790. The van der Waals surface area contributed by atoms with E-state index in [1.165, 1.54) is 40.4 Å². The number of halogens is 1. The minimum absolute atomic E-state index is 0.790. The molecule has 0 saturated heterocycles. The fourth-order valence-electron chi connectivity index (χ4n) is 2.06. The lowest BCUT2D eigenvalue weighted by atomic mass is 10.0. The summed E-state index contributed by atoms with van der Waals surface area (Å²) in [6, 6.07) is 4.41. The zero-order valence-electron chi connectivity index (χ0n) is 8.27. The van der Waals surface area contributed by atoms with Gasteiger partial charge in [-0.3, -0.25) is 0 Å². The van der Waals surface area contributed by atoms with Gasteiger partial charge in [-0.2, -0.15) is 5.48 Å². The third-order valence-corrected chi connectivity index (χ3v) is 3.14. The third-order valence-electron chi connectivity index (χ3n) is 2.68. The van der Waals surface area contributed by atoms with Gasteiger partial charge in [0.2, 0.25) is 0 Å². The van der Waals surface area contributed by atoms with Gasteiger partial charge in [0.1, 0.15) is 0 Å². The van der Waals surface area contributed by atoms with E-state index in [1.54, 1.807) is 7.11 Å². The number of benzene rings is 1. The Morgan fingerprint density at radius 2 is 2.29 bits per heavy atom. The molecule has 0 atom stereocenters. The van der Waals surface area contributed by atoms with Crippen molar-refractivity contribution in [2.45, 2.75) is 25.8 Å². The number of hydrogen-bond donors (Lipinski definition) is 1. The number of fused-ring (bicyclic) bond motifs is 1. The van der Waals surface area contributed by atoms with Crippen LogP contribution in [0.3, 0.4) is 0 Å². The number of hydrogen-bond acceptors (Lipinski definition) is 2. The number of rotatable bonds is 3. The highest BCUT2D eigenvalue weighted by Crippen LogP contribution is 2.29. The van der Waals surface area contributed by atoms with Crippen molar-refractivity contribution >= 4 is 15.9 Å². The molecule has 0 aromatic heterocycles. The molecule has 0 aliphatic heterocycles. The van der Waals surface area contributed by atoms with E-state index in [1.807, 2.05) is 0 Å². The van der Waals surface area contributed by atoms with Gasteiger partial charge < -0.3 is 4.84 Å². The molecular weight excluding hydrogens is 242 g/mol. The largest absolute Gasteiger partial charge is 0.305 e. The fourth-order valence-corrected chi connectivity index (χ4v) is 2.62. The second kappa shape index (κ2) is 4.43. The van der Waals surface area contributed by atoms with E-state index in [0.717, 1.165) is 6.54 Å². The highest BCUT2D eigenvalue weighted by Gasteiger charge is 2.15. The molecule has 0 heterocycles. The van der Waals surface area contributed by atoms with Gasteiger partial charge in [-0.15, -0.1) is 0 Å². The van der Waals surface area contributed by atoms with Gasteiger partial charge >= 0.3 is 0 Å². The molecule has 0 saturated carbocycles. The van der Waals surface area contributed by atoms with Crippen LogP contribution in [0.15, 0.2) is 16.6 Å². The molecule has 1 aliphatic rings. The van der Waals surface area contributed by atoms with Crippen molar-refractivity contribution in [3.05, 3.63) is 33.3 Å². The van der Waals surface area contributed by atoms with Crippen LogP contribution in [0.2, 0.25) is 0 Å². The van der Waals surface area contributed by atoms with Crippen molar-refractivity contribution in [3.63, 3.8) is 0 Å². The molecule has 0 bridgehead atoms. The standard InChI is InChI=1S/C11H14BrNO/c1-14-13-7-9-6-10(12)5-8-3-2-4-11(8)9/h5-6,13H,2-4,7H2,1H3. The number of hydroxylamine groups is 1. The van der Waals surface area contributed by atoms with E-state index >= 15 is 0 Å². The van der Waals surface area contributed by atoms with Gasteiger partial charge in [0.05, 0.1) is 7.11 Å². The number of aryl methyl sites for hydroxylation is 1. The van der Waals surface area contributed by atoms with Gasteiger partial charge in [0, 0.05) is 11.0 Å². The zero-order chi connectivity index (χ0) is 9.97. The van der Waals surface area contributed by atoms with Gasteiger partial charge in [-0.1, -0.05) is 15.9 Å². The quantitative estimate of drug-likeness (QED) is 0.839. The van der Waals surface area contributed by atoms with Gasteiger partial charge in [-0.05, 0) is 48.1 Å². The predicted molar refractivity (Wildman–Crippen MR) is 60.0 cm³/mol. The van der Waals surface area contributed by atoms with Crippen molar-refractivity contribution in [3.8, 4) is 0 Å². The Labute approximate surface area is 92.7 Å². The smallest absolute Gasteiger partial charge is 0.0572 e. The van der Waals surface area contributed by atoms with Crippen LogP contribution < -0.4 is 5.48 Å². The molecule has 2 rings (SSSR count). The fraction of sp³-hybridized carbons (Fsp3) is 0.455. The maximum Gasteiger partial charge on any atom is 0.0572 e. The Kier molecular flexibility index (Phi) is 3.21. The predicted octanol–water partition coefficient (Wildman–Crippen LogP) is 2.59. The van der Waals surface area contributed by atoms with Gasteiger partial charge in [0.15, 0.2) is 0 Å². The summed E-state index contributed by atoms with van der Waals surface area (Å²) in [4.78, 5) is 4.88. The average Bonchev–Trinajstić information content (AvgIpc) is 2.61. The Hall–Kier alpha value is -0.380. The van der Waals surface area contributed by atoms with Crippen molar-refractivity contribution < 1.29 is 4.84 Å². The first kappa shape index (κ1) is 10.1. The molecule has 1 aliphatic carbocycles. The highest BCUT2D eigenvalue weighted by molar-refractivity contribution is 9.10. The second-order valence-electron chi connectivity index (χ2n) is 3.58. The molecule has 76 valence electrons. The van der Waals surface area contributed by atoms with E-state index in [9.17, 15) is 0 Å². The second-order valence-corrected chi connectivity index (χ2v) is 4.50. The normalized spacial score (nSPS) is 14.4. The molecule has 3 heteroatoms.